The molecule has 0 atom stereocenters. The van der Waals surface area contributed by atoms with Crippen LogP contribution in [0.25, 0.3) is 55.3 Å². The molecule has 3 heteroatoms. The Kier molecular flexibility index (Phi) is 8.38. The SMILES string of the molecule is CC(C)(C)c1ccc2c(c1)C(C)(C)c1cccc(-c3ccccc3N(c3cccc(Nc4ccccc4-c4ccccc4)c3)c3ccc4oc5ccccc5c4c3)c1-2. The van der Waals surface area contributed by atoms with Crippen LogP contribution in [0.2, 0.25) is 0 Å². The summed E-state index contributed by atoms with van der Waals surface area (Å²) in [6, 6.07) is 65.7. The molecule has 1 aliphatic carbocycles. The summed E-state index contributed by atoms with van der Waals surface area (Å²) < 4.78 is 6.33. The van der Waals surface area contributed by atoms with Gasteiger partial charge in [-0.1, -0.05) is 162 Å². The van der Waals surface area contributed by atoms with E-state index in [0.29, 0.717) is 0 Å². The lowest BCUT2D eigenvalue weighted by Crippen LogP contribution is -2.17. The van der Waals surface area contributed by atoms with Crippen molar-refractivity contribution in [2.75, 3.05) is 10.2 Å². The molecule has 0 saturated carbocycles. The number of furan rings is 1. The molecule has 0 radical (unpaired) electrons. The lowest BCUT2D eigenvalue weighted by Gasteiger charge is -2.29. The molecule has 58 heavy (non-hydrogen) atoms. The first-order chi connectivity index (χ1) is 28.1. The van der Waals surface area contributed by atoms with Gasteiger partial charge in [-0.3, -0.25) is 0 Å². The highest BCUT2D eigenvalue weighted by Gasteiger charge is 2.38. The minimum absolute atomic E-state index is 0.0598. The van der Waals surface area contributed by atoms with Gasteiger partial charge >= 0.3 is 0 Å². The lowest BCUT2D eigenvalue weighted by atomic mass is 9.79. The van der Waals surface area contributed by atoms with Crippen LogP contribution in [-0.4, -0.2) is 0 Å². The zero-order valence-electron chi connectivity index (χ0n) is 33.7. The largest absolute Gasteiger partial charge is 0.456 e. The Labute approximate surface area is 341 Å². The molecule has 0 bridgehead atoms. The van der Waals surface area contributed by atoms with Crippen LogP contribution in [0, 0.1) is 0 Å². The second-order valence-corrected chi connectivity index (χ2v) is 17.1. The minimum atomic E-state index is -0.139. The van der Waals surface area contributed by atoms with Crippen molar-refractivity contribution in [3.8, 4) is 33.4 Å². The summed E-state index contributed by atoms with van der Waals surface area (Å²) in [5.41, 5.74) is 18.4. The molecule has 0 fully saturated rings. The number of benzene rings is 8. The molecule has 1 aliphatic rings. The second kappa shape index (κ2) is 13.7. The maximum absolute atomic E-state index is 6.33. The fourth-order valence-corrected chi connectivity index (χ4v) is 9.00. The molecule has 282 valence electrons. The summed E-state index contributed by atoms with van der Waals surface area (Å²) in [6.45, 7) is 11.7. The smallest absolute Gasteiger partial charge is 0.135 e. The second-order valence-electron chi connectivity index (χ2n) is 17.1. The Morgan fingerprint density at radius 2 is 1.19 bits per heavy atom. The molecule has 0 amide bonds. The van der Waals surface area contributed by atoms with E-state index < -0.39 is 0 Å². The molecular weight excluding hydrogens is 705 g/mol. The highest BCUT2D eigenvalue weighted by Crippen LogP contribution is 2.54. The van der Waals surface area contributed by atoms with E-state index in [-0.39, 0.29) is 10.8 Å². The Bertz CT molecular complexity index is 3000. The highest BCUT2D eigenvalue weighted by molar-refractivity contribution is 6.07. The molecule has 9 aromatic rings. The van der Waals surface area contributed by atoms with Gasteiger partial charge in [0.2, 0.25) is 0 Å². The van der Waals surface area contributed by atoms with Crippen LogP contribution >= 0.6 is 0 Å². The van der Waals surface area contributed by atoms with Gasteiger partial charge < -0.3 is 14.6 Å². The number of rotatable bonds is 7. The van der Waals surface area contributed by atoms with Crippen molar-refractivity contribution in [2.45, 2.75) is 45.4 Å². The van der Waals surface area contributed by atoms with Crippen LogP contribution in [0.1, 0.15) is 51.3 Å². The average Bonchev–Trinajstić information content (AvgIpc) is 3.73. The molecule has 1 N–H and O–H groups in total. The summed E-state index contributed by atoms with van der Waals surface area (Å²) in [5, 5.41) is 5.99. The molecule has 3 nitrogen and oxygen atoms in total. The van der Waals surface area contributed by atoms with Gasteiger partial charge in [0.25, 0.3) is 0 Å². The Morgan fingerprint density at radius 1 is 0.500 bits per heavy atom. The van der Waals surface area contributed by atoms with Crippen molar-refractivity contribution in [3.63, 3.8) is 0 Å². The molecule has 10 rings (SSSR count). The minimum Gasteiger partial charge on any atom is -0.456 e. The van der Waals surface area contributed by atoms with E-state index in [4.69, 9.17) is 4.42 Å². The average molecular weight is 751 g/mol. The Hall–Kier alpha value is -6.84. The molecule has 1 heterocycles. The van der Waals surface area contributed by atoms with Gasteiger partial charge in [0.1, 0.15) is 11.2 Å². The molecular formula is C55H46N2O. The molecule has 8 aromatic carbocycles. The quantitative estimate of drug-likeness (QED) is 0.176. The topological polar surface area (TPSA) is 28.4 Å². The fraction of sp³-hybridized carbons (Fsp3) is 0.127. The normalized spacial score (nSPS) is 13.1. The number of nitrogens with one attached hydrogen (secondary N) is 1. The third-order valence-electron chi connectivity index (χ3n) is 12.0. The van der Waals surface area contributed by atoms with E-state index in [1.54, 1.807) is 0 Å². The van der Waals surface area contributed by atoms with Crippen molar-refractivity contribution >= 4 is 50.4 Å². The number of para-hydroxylation sites is 3. The van der Waals surface area contributed by atoms with Crippen LogP contribution in [0.15, 0.2) is 186 Å². The van der Waals surface area contributed by atoms with Crippen molar-refractivity contribution < 1.29 is 4.42 Å². The van der Waals surface area contributed by atoms with E-state index in [2.05, 4.69) is 215 Å². The lowest BCUT2D eigenvalue weighted by molar-refractivity contribution is 0.584. The zero-order valence-corrected chi connectivity index (χ0v) is 33.7. The van der Waals surface area contributed by atoms with Gasteiger partial charge in [0, 0.05) is 50.1 Å². The predicted octanol–water partition coefficient (Wildman–Crippen LogP) is 15.7. The summed E-state index contributed by atoms with van der Waals surface area (Å²) in [6.07, 6.45) is 0. The molecule has 0 unspecified atom stereocenters. The number of hydrogen-bond donors (Lipinski definition) is 1. The van der Waals surface area contributed by atoms with Crippen LogP contribution < -0.4 is 10.2 Å². The molecule has 0 spiro atoms. The maximum atomic E-state index is 6.33. The fourth-order valence-electron chi connectivity index (χ4n) is 9.00. The van der Waals surface area contributed by atoms with Gasteiger partial charge in [-0.05, 0) is 99.0 Å². The van der Waals surface area contributed by atoms with Crippen LogP contribution in [0.5, 0.6) is 0 Å². The van der Waals surface area contributed by atoms with E-state index >= 15 is 0 Å². The Balaban J connectivity index is 1.16. The summed E-state index contributed by atoms with van der Waals surface area (Å²) in [4.78, 5) is 2.41. The van der Waals surface area contributed by atoms with Gasteiger partial charge in [-0.2, -0.15) is 0 Å². The Morgan fingerprint density at radius 3 is 2.03 bits per heavy atom. The van der Waals surface area contributed by atoms with Crippen LogP contribution in [0.4, 0.5) is 28.4 Å². The summed E-state index contributed by atoms with van der Waals surface area (Å²) in [7, 11) is 0. The van der Waals surface area contributed by atoms with Crippen molar-refractivity contribution in [2.24, 2.45) is 0 Å². The van der Waals surface area contributed by atoms with Crippen molar-refractivity contribution in [1.82, 2.24) is 0 Å². The van der Waals surface area contributed by atoms with Crippen molar-refractivity contribution in [1.29, 1.82) is 0 Å². The van der Waals surface area contributed by atoms with E-state index in [0.717, 1.165) is 55.9 Å². The third kappa shape index (κ3) is 5.97. The number of hydrogen-bond acceptors (Lipinski definition) is 3. The third-order valence-corrected chi connectivity index (χ3v) is 12.0. The molecule has 1 aromatic heterocycles. The van der Waals surface area contributed by atoms with E-state index in [9.17, 15) is 0 Å². The predicted molar refractivity (Wildman–Crippen MR) is 245 cm³/mol. The van der Waals surface area contributed by atoms with Crippen LogP contribution in [0.3, 0.4) is 0 Å². The molecule has 0 aliphatic heterocycles. The first-order valence-corrected chi connectivity index (χ1v) is 20.3. The summed E-state index contributed by atoms with van der Waals surface area (Å²) >= 11 is 0. The van der Waals surface area contributed by atoms with Crippen molar-refractivity contribution in [3.05, 3.63) is 199 Å². The van der Waals surface area contributed by atoms with Gasteiger partial charge in [-0.15, -0.1) is 0 Å². The number of anilines is 5. The molecule has 0 saturated heterocycles. The van der Waals surface area contributed by atoms with Gasteiger partial charge in [0.05, 0.1) is 5.69 Å². The zero-order chi connectivity index (χ0) is 39.6. The van der Waals surface area contributed by atoms with Crippen LogP contribution in [-0.2, 0) is 10.8 Å². The first-order valence-electron chi connectivity index (χ1n) is 20.3. The highest BCUT2D eigenvalue weighted by atomic mass is 16.3. The number of nitrogens with zero attached hydrogens (tertiary/aromatic N) is 1. The first kappa shape index (κ1) is 35.6. The van der Waals surface area contributed by atoms with Gasteiger partial charge in [-0.25, -0.2) is 0 Å². The maximum Gasteiger partial charge on any atom is 0.135 e. The standard InChI is InChI=1S/C55H46N2O/c1-54(2,3)37-29-31-45-48(33-37)55(4,5)47-25-16-24-44(53(45)47)42-22-10-13-27-50(42)57(40-30-32-52-46(35-40)43-23-11-14-28-51(43)58-52)39-20-15-19-38(34-39)56-49-26-12-9-21-41(49)36-17-7-6-8-18-36/h6-35,56H,1-5H3. The summed E-state index contributed by atoms with van der Waals surface area (Å²) in [5.74, 6) is 0. The number of fused-ring (bicyclic) bond motifs is 6. The van der Waals surface area contributed by atoms with E-state index in [1.807, 2.05) is 12.1 Å². The monoisotopic (exact) mass is 750 g/mol. The van der Waals surface area contributed by atoms with Gasteiger partial charge in [0.15, 0.2) is 0 Å². The van der Waals surface area contributed by atoms with E-state index in [1.165, 1.54) is 44.5 Å².